The standard InChI is InChI=1S/C28H29ClN4O6S/c1-40(36,37)31-22-4-2-3-5-24(22)32-12-14-33(15-13-32)28(35)23(16-19-6-9-21(29)10-7-19)30-27(34)20-8-11-25-26(17-20)39-18-38-25/h2-11,17,23,31H,12-16,18H2,1H3,(H,30,34)/t23-/m1/s1. The molecule has 0 radical (unpaired) electrons. The van der Waals surface area contributed by atoms with Crippen molar-refractivity contribution in [3.8, 4) is 11.5 Å². The van der Waals surface area contributed by atoms with Crippen molar-refractivity contribution in [3.63, 3.8) is 0 Å². The number of ether oxygens (including phenoxy) is 2. The van der Waals surface area contributed by atoms with Crippen LogP contribution in [0.25, 0.3) is 0 Å². The minimum atomic E-state index is -3.45. The zero-order valence-electron chi connectivity index (χ0n) is 21.8. The Bertz CT molecular complexity index is 1510. The monoisotopic (exact) mass is 584 g/mol. The number of anilines is 2. The van der Waals surface area contributed by atoms with Crippen LogP contribution in [0.3, 0.4) is 0 Å². The first-order chi connectivity index (χ1) is 19.2. The highest BCUT2D eigenvalue weighted by Gasteiger charge is 2.30. The van der Waals surface area contributed by atoms with Crippen LogP contribution in [0.2, 0.25) is 5.02 Å². The molecule has 0 aliphatic carbocycles. The van der Waals surface area contributed by atoms with Crippen molar-refractivity contribution in [1.29, 1.82) is 0 Å². The number of halogens is 1. The molecule has 0 aromatic heterocycles. The number of hydrogen-bond acceptors (Lipinski definition) is 7. The number of carbonyl (C=O) groups is 2. The SMILES string of the molecule is CS(=O)(=O)Nc1ccccc1N1CCN(C(=O)[C@@H](Cc2ccc(Cl)cc2)NC(=O)c2ccc3c(c2)OCO3)CC1. The van der Waals surface area contributed by atoms with Crippen LogP contribution in [0.1, 0.15) is 15.9 Å². The smallest absolute Gasteiger partial charge is 0.252 e. The van der Waals surface area contributed by atoms with Crippen LogP contribution in [0, 0.1) is 0 Å². The Kier molecular flexibility index (Phi) is 8.04. The molecule has 2 aliphatic rings. The Morgan fingerprint density at radius 3 is 2.38 bits per heavy atom. The van der Waals surface area contributed by atoms with Gasteiger partial charge >= 0.3 is 0 Å². The van der Waals surface area contributed by atoms with Gasteiger partial charge in [0.25, 0.3) is 5.91 Å². The molecule has 40 heavy (non-hydrogen) atoms. The van der Waals surface area contributed by atoms with Crippen LogP contribution in [0.4, 0.5) is 11.4 Å². The molecule has 210 valence electrons. The molecule has 2 amide bonds. The van der Waals surface area contributed by atoms with E-state index in [1.165, 1.54) is 0 Å². The summed E-state index contributed by atoms with van der Waals surface area (Å²) in [6.07, 6.45) is 1.40. The highest BCUT2D eigenvalue weighted by molar-refractivity contribution is 7.92. The first-order valence-corrected chi connectivity index (χ1v) is 15.0. The van der Waals surface area contributed by atoms with E-state index in [0.717, 1.165) is 17.5 Å². The number of rotatable bonds is 8. The molecule has 5 rings (SSSR count). The number of amides is 2. The van der Waals surface area contributed by atoms with Crippen LogP contribution in [-0.4, -0.2) is 70.4 Å². The van der Waals surface area contributed by atoms with Gasteiger partial charge in [0.2, 0.25) is 22.7 Å². The maximum atomic E-state index is 13.8. The first kappa shape index (κ1) is 27.6. The molecule has 1 atom stereocenters. The number of nitrogens with zero attached hydrogens (tertiary/aromatic N) is 2. The molecule has 1 saturated heterocycles. The van der Waals surface area contributed by atoms with Crippen molar-refractivity contribution in [2.45, 2.75) is 12.5 Å². The van der Waals surface area contributed by atoms with Gasteiger partial charge in [-0.1, -0.05) is 35.9 Å². The van der Waals surface area contributed by atoms with Gasteiger partial charge in [-0.25, -0.2) is 8.42 Å². The highest BCUT2D eigenvalue weighted by atomic mass is 35.5. The molecule has 2 aliphatic heterocycles. The molecule has 3 aromatic rings. The fourth-order valence-electron chi connectivity index (χ4n) is 4.76. The van der Waals surface area contributed by atoms with Gasteiger partial charge < -0.3 is 24.6 Å². The zero-order chi connectivity index (χ0) is 28.3. The third-order valence-corrected chi connectivity index (χ3v) is 7.57. The number of nitrogens with one attached hydrogen (secondary N) is 2. The van der Waals surface area contributed by atoms with Gasteiger partial charge in [-0.3, -0.25) is 14.3 Å². The second kappa shape index (κ2) is 11.6. The van der Waals surface area contributed by atoms with Gasteiger partial charge in [0.15, 0.2) is 11.5 Å². The molecule has 0 spiro atoms. The number of para-hydroxylation sites is 2. The largest absolute Gasteiger partial charge is 0.454 e. The molecule has 2 heterocycles. The minimum Gasteiger partial charge on any atom is -0.454 e. The van der Waals surface area contributed by atoms with E-state index in [4.69, 9.17) is 21.1 Å². The van der Waals surface area contributed by atoms with Gasteiger partial charge in [0.1, 0.15) is 6.04 Å². The highest BCUT2D eigenvalue weighted by Crippen LogP contribution is 2.32. The van der Waals surface area contributed by atoms with Crippen LogP contribution in [-0.2, 0) is 21.2 Å². The summed E-state index contributed by atoms with van der Waals surface area (Å²) in [5.74, 6) is 0.447. The molecule has 12 heteroatoms. The fraction of sp³-hybridized carbons (Fsp3) is 0.286. The third kappa shape index (κ3) is 6.60. The second-order valence-corrected chi connectivity index (χ2v) is 11.8. The summed E-state index contributed by atoms with van der Waals surface area (Å²) in [6, 6.07) is 18.4. The molecule has 0 unspecified atom stereocenters. The van der Waals surface area contributed by atoms with Gasteiger partial charge in [-0.05, 0) is 48.0 Å². The molecule has 0 bridgehead atoms. The first-order valence-electron chi connectivity index (χ1n) is 12.7. The Morgan fingerprint density at radius 1 is 0.950 bits per heavy atom. The van der Waals surface area contributed by atoms with Gasteiger partial charge in [-0.15, -0.1) is 0 Å². The van der Waals surface area contributed by atoms with Gasteiger partial charge in [-0.2, -0.15) is 0 Å². The summed E-state index contributed by atoms with van der Waals surface area (Å²) >= 11 is 6.04. The summed E-state index contributed by atoms with van der Waals surface area (Å²) in [5.41, 5.74) is 2.45. The van der Waals surface area contributed by atoms with Crippen molar-refractivity contribution in [3.05, 3.63) is 82.9 Å². The molecule has 3 aromatic carbocycles. The Labute approximate surface area is 237 Å². The minimum absolute atomic E-state index is 0.0961. The van der Waals surface area contributed by atoms with Crippen LogP contribution < -0.4 is 24.4 Å². The van der Waals surface area contributed by atoms with Crippen molar-refractivity contribution in [2.75, 3.05) is 48.8 Å². The normalized spacial score (nSPS) is 15.4. The number of fused-ring (bicyclic) bond motifs is 1. The maximum Gasteiger partial charge on any atom is 0.252 e. The topological polar surface area (TPSA) is 117 Å². The Hall–Kier alpha value is -3.96. The summed E-state index contributed by atoms with van der Waals surface area (Å²) in [5, 5.41) is 3.49. The predicted molar refractivity (Wildman–Crippen MR) is 153 cm³/mol. The Morgan fingerprint density at radius 2 is 1.65 bits per heavy atom. The number of sulfonamides is 1. The molecular weight excluding hydrogens is 556 g/mol. The lowest BCUT2D eigenvalue weighted by Gasteiger charge is -2.38. The maximum absolute atomic E-state index is 13.8. The lowest BCUT2D eigenvalue weighted by molar-refractivity contribution is -0.133. The lowest BCUT2D eigenvalue weighted by atomic mass is 10.0. The number of benzene rings is 3. The van der Waals surface area contributed by atoms with E-state index < -0.39 is 22.0 Å². The second-order valence-electron chi connectivity index (χ2n) is 9.63. The summed E-state index contributed by atoms with van der Waals surface area (Å²) in [7, 11) is -3.45. The lowest BCUT2D eigenvalue weighted by Crippen LogP contribution is -2.55. The van der Waals surface area contributed by atoms with E-state index in [1.807, 2.05) is 29.2 Å². The summed E-state index contributed by atoms with van der Waals surface area (Å²) in [6.45, 7) is 1.90. The third-order valence-electron chi connectivity index (χ3n) is 6.72. The molecule has 1 fully saturated rings. The average molecular weight is 585 g/mol. The van der Waals surface area contributed by atoms with E-state index >= 15 is 0 Å². The zero-order valence-corrected chi connectivity index (χ0v) is 23.4. The van der Waals surface area contributed by atoms with Crippen molar-refractivity contribution < 1.29 is 27.5 Å². The number of carbonyl (C=O) groups excluding carboxylic acids is 2. The van der Waals surface area contributed by atoms with Crippen molar-refractivity contribution in [1.82, 2.24) is 10.2 Å². The predicted octanol–water partition coefficient (Wildman–Crippen LogP) is 3.13. The van der Waals surface area contributed by atoms with Crippen molar-refractivity contribution >= 4 is 44.8 Å². The average Bonchev–Trinajstić information content (AvgIpc) is 3.41. The number of piperazine rings is 1. The van der Waals surface area contributed by atoms with E-state index in [-0.39, 0.29) is 19.1 Å². The molecular formula is C28H29ClN4O6S. The van der Waals surface area contributed by atoms with Crippen LogP contribution >= 0.6 is 11.6 Å². The summed E-state index contributed by atoms with van der Waals surface area (Å²) < 4.78 is 36.9. The van der Waals surface area contributed by atoms with E-state index in [0.29, 0.717) is 54.0 Å². The van der Waals surface area contributed by atoms with Gasteiger partial charge in [0.05, 0.1) is 17.6 Å². The Balaban J connectivity index is 1.30. The molecule has 2 N–H and O–H groups in total. The van der Waals surface area contributed by atoms with Crippen LogP contribution in [0.15, 0.2) is 66.7 Å². The summed E-state index contributed by atoms with van der Waals surface area (Å²) in [4.78, 5) is 30.7. The van der Waals surface area contributed by atoms with E-state index in [9.17, 15) is 18.0 Å². The van der Waals surface area contributed by atoms with Gasteiger partial charge in [0, 0.05) is 43.2 Å². The fourth-order valence-corrected chi connectivity index (χ4v) is 5.46. The van der Waals surface area contributed by atoms with Crippen molar-refractivity contribution in [2.24, 2.45) is 0 Å². The van der Waals surface area contributed by atoms with E-state index in [2.05, 4.69) is 10.0 Å². The van der Waals surface area contributed by atoms with E-state index in [1.54, 1.807) is 47.4 Å². The number of hydrogen-bond donors (Lipinski definition) is 2. The van der Waals surface area contributed by atoms with Crippen LogP contribution in [0.5, 0.6) is 11.5 Å². The molecule has 0 saturated carbocycles. The quantitative estimate of drug-likeness (QED) is 0.418. The molecule has 10 nitrogen and oxygen atoms in total.